The number of amides is 1. The van der Waals surface area contributed by atoms with E-state index in [2.05, 4.69) is 6.92 Å². The molecule has 0 spiro atoms. The van der Waals surface area contributed by atoms with Gasteiger partial charge < -0.3 is 4.90 Å². The highest BCUT2D eigenvalue weighted by Crippen LogP contribution is 1.96. The van der Waals surface area contributed by atoms with Gasteiger partial charge in [-0.3, -0.25) is 14.5 Å². The standard InChI is InChI=1S/C11H22N2O2/c1-5-7-13(8-6-10(2)14)9-11(15)12(3)4/h5-9H2,1-4H3. The van der Waals surface area contributed by atoms with E-state index in [1.807, 2.05) is 4.90 Å². The van der Waals surface area contributed by atoms with Crippen molar-refractivity contribution in [1.82, 2.24) is 9.80 Å². The van der Waals surface area contributed by atoms with Gasteiger partial charge in [-0.25, -0.2) is 0 Å². The van der Waals surface area contributed by atoms with Crippen molar-refractivity contribution in [3.63, 3.8) is 0 Å². The predicted octanol–water partition coefficient (Wildman–Crippen LogP) is 0.766. The zero-order valence-electron chi connectivity index (χ0n) is 10.2. The molecule has 0 radical (unpaired) electrons. The van der Waals surface area contributed by atoms with Crippen LogP contribution in [0.4, 0.5) is 0 Å². The summed E-state index contributed by atoms with van der Waals surface area (Å²) in [6, 6.07) is 0. The van der Waals surface area contributed by atoms with Crippen LogP contribution >= 0.6 is 0 Å². The minimum Gasteiger partial charge on any atom is -0.348 e. The molecule has 0 atom stereocenters. The van der Waals surface area contributed by atoms with Gasteiger partial charge in [-0.15, -0.1) is 0 Å². The molecule has 0 heterocycles. The lowest BCUT2D eigenvalue weighted by molar-refractivity contribution is -0.130. The van der Waals surface area contributed by atoms with Gasteiger partial charge in [-0.2, -0.15) is 0 Å². The first-order valence-corrected chi connectivity index (χ1v) is 5.39. The van der Waals surface area contributed by atoms with Crippen LogP contribution in [0, 0.1) is 0 Å². The summed E-state index contributed by atoms with van der Waals surface area (Å²) in [6.07, 6.45) is 1.53. The fraction of sp³-hybridized carbons (Fsp3) is 0.818. The van der Waals surface area contributed by atoms with E-state index in [0.717, 1.165) is 13.0 Å². The third-order valence-corrected chi connectivity index (χ3v) is 2.18. The van der Waals surface area contributed by atoms with E-state index in [1.165, 1.54) is 0 Å². The predicted molar refractivity (Wildman–Crippen MR) is 60.7 cm³/mol. The fourth-order valence-electron chi connectivity index (χ4n) is 1.23. The second-order valence-electron chi connectivity index (χ2n) is 4.02. The zero-order chi connectivity index (χ0) is 11.8. The van der Waals surface area contributed by atoms with Gasteiger partial charge in [0, 0.05) is 27.1 Å². The van der Waals surface area contributed by atoms with Gasteiger partial charge in [0.15, 0.2) is 0 Å². The lowest BCUT2D eigenvalue weighted by atomic mass is 10.2. The van der Waals surface area contributed by atoms with Crippen molar-refractivity contribution < 1.29 is 9.59 Å². The minimum atomic E-state index is 0.0898. The maximum absolute atomic E-state index is 11.5. The normalized spacial score (nSPS) is 10.5. The summed E-state index contributed by atoms with van der Waals surface area (Å²) < 4.78 is 0. The van der Waals surface area contributed by atoms with E-state index >= 15 is 0 Å². The topological polar surface area (TPSA) is 40.6 Å². The summed E-state index contributed by atoms with van der Waals surface area (Å²) in [5, 5.41) is 0. The number of ketones is 1. The molecule has 0 fully saturated rings. The number of nitrogens with zero attached hydrogens (tertiary/aromatic N) is 2. The summed E-state index contributed by atoms with van der Waals surface area (Å²) in [4.78, 5) is 25.9. The van der Waals surface area contributed by atoms with Crippen LogP contribution in [0.1, 0.15) is 26.7 Å². The summed E-state index contributed by atoms with van der Waals surface area (Å²) >= 11 is 0. The van der Waals surface area contributed by atoms with Crippen molar-refractivity contribution in [1.29, 1.82) is 0 Å². The number of hydrogen-bond acceptors (Lipinski definition) is 3. The second kappa shape index (κ2) is 7.40. The molecule has 1 amide bonds. The molecule has 0 aliphatic carbocycles. The van der Waals surface area contributed by atoms with Gasteiger partial charge in [0.25, 0.3) is 0 Å². The van der Waals surface area contributed by atoms with E-state index in [-0.39, 0.29) is 11.7 Å². The van der Waals surface area contributed by atoms with Crippen molar-refractivity contribution in [3.05, 3.63) is 0 Å². The molecule has 88 valence electrons. The lowest BCUT2D eigenvalue weighted by Crippen LogP contribution is -2.38. The molecule has 0 rings (SSSR count). The average Bonchev–Trinajstić information content (AvgIpc) is 2.14. The smallest absolute Gasteiger partial charge is 0.236 e. The molecule has 15 heavy (non-hydrogen) atoms. The number of carbonyl (C=O) groups is 2. The molecule has 0 unspecified atom stereocenters. The molecule has 0 aliphatic heterocycles. The van der Waals surface area contributed by atoms with E-state index in [1.54, 1.807) is 25.9 Å². The molecular formula is C11H22N2O2. The first-order chi connectivity index (χ1) is 6.97. The van der Waals surface area contributed by atoms with Crippen LogP contribution in [0.3, 0.4) is 0 Å². The van der Waals surface area contributed by atoms with Crippen LogP contribution < -0.4 is 0 Å². The van der Waals surface area contributed by atoms with Crippen molar-refractivity contribution in [2.45, 2.75) is 26.7 Å². The van der Waals surface area contributed by atoms with Crippen LogP contribution in [-0.2, 0) is 9.59 Å². The summed E-state index contributed by atoms with van der Waals surface area (Å²) in [6.45, 7) is 5.61. The number of carbonyl (C=O) groups excluding carboxylic acids is 2. The lowest BCUT2D eigenvalue weighted by Gasteiger charge is -2.22. The van der Waals surface area contributed by atoms with Crippen LogP contribution in [0.25, 0.3) is 0 Å². The quantitative estimate of drug-likeness (QED) is 0.628. The van der Waals surface area contributed by atoms with Crippen molar-refractivity contribution >= 4 is 11.7 Å². The van der Waals surface area contributed by atoms with Gasteiger partial charge in [-0.05, 0) is 19.9 Å². The molecule has 0 saturated heterocycles. The van der Waals surface area contributed by atoms with E-state index in [0.29, 0.717) is 19.5 Å². The van der Waals surface area contributed by atoms with E-state index < -0.39 is 0 Å². The van der Waals surface area contributed by atoms with Gasteiger partial charge in [-0.1, -0.05) is 6.92 Å². The molecule has 0 aromatic heterocycles. The number of rotatable bonds is 7. The summed E-state index contributed by atoms with van der Waals surface area (Å²) in [7, 11) is 3.49. The van der Waals surface area contributed by atoms with Crippen LogP contribution in [0.2, 0.25) is 0 Å². The van der Waals surface area contributed by atoms with Gasteiger partial charge in [0.05, 0.1) is 6.54 Å². The van der Waals surface area contributed by atoms with E-state index in [9.17, 15) is 9.59 Å². The molecule has 0 saturated carbocycles. The molecule has 0 bridgehead atoms. The van der Waals surface area contributed by atoms with Crippen molar-refractivity contribution in [2.75, 3.05) is 33.7 Å². The Bertz CT molecular complexity index is 215. The van der Waals surface area contributed by atoms with Crippen LogP contribution in [0.5, 0.6) is 0 Å². The van der Waals surface area contributed by atoms with Gasteiger partial charge in [0.1, 0.15) is 5.78 Å². The highest BCUT2D eigenvalue weighted by atomic mass is 16.2. The Hall–Kier alpha value is -0.900. The minimum absolute atomic E-state index is 0.0898. The zero-order valence-corrected chi connectivity index (χ0v) is 10.2. The van der Waals surface area contributed by atoms with Crippen molar-refractivity contribution in [2.24, 2.45) is 0 Å². The Labute approximate surface area is 92.2 Å². The Morgan fingerprint density at radius 3 is 2.13 bits per heavy atom. The first kappa shape index (κ1) is 14.1. The molecular weight excluding hydrogens is 192 g/mol. The maximum atomic E-state index is 11.5. The maximum Gasteiger partial charge on any atom is 0.236 e. The van der Waals surface area contributed by atoms with Crippen LogP contribution in [-0.4, -0.2) is 55.2 Å². The second-order valence-corrected chi connectivity index (χ2v) is 4.02. The Morgan fingerprint density at radius 2 is 1.73 bits per heavy atom. The van der Waals surface area contributed by atoms with Gasteiger partial charge >= 0.3 is 0 Å². The summed E-state index contributed by atoms with van der Waals surface area (Å²) in [5.41, 5.74) is 0. The molecule has 0 N–H and O–H groups in total. The molecule has 0 aliphatic rings. The highest BCUT2D eigenvalue weighted by Gasteiger charge is 2.11. The third-order valence-electron chi connectivity index (χ3n) is 2.18. The first-order valence-electron chi connectivity index (χ1n) is 5.39. The number of hydrogen-bond donors (Lipinski definition) is 0. The number of Topliss-reactive ketones (excluding diaryl/α,β-unsaturated/α-hetero) is 1. The monoisotopic (exact) mass is 214 g/mol. The molecule has 4 nitrogen and oxygen atoms in total. The SMILES string of the molecule is CCCN(CCC(C)=O)CC(=O)N(C)C. The van der Waals surface area contributed by atoms with Crippen molar-refractivity contribution in [3.8, 4) is 0 Å². The molecule has 0 aromatic rings. The summed E-state index contributed by atoms with van der Waals surface area (Å²) in [5.74, 6) is 0.264. The van der Waals surface area contributed by atoms with Crippen LogP contribution in [0.15, 0.2) is 0 Å². The van der Waals surface area contributed by atoms with E-state index in [4.69, 9.17) is 0 Å². The highest BCUT2D eigenvalue weighted by molar-refractivity contribution is 5.78. The Kier molecular flexibility index (Phi) is 6.96. The largest absolute Gasteiger partial charge is 0.348 e. The fourth-order valence-corrected chi connectivity index (χ4v) is 1.23. The molecule has 4 heteroatoms. The average molecular weight is 214 g/mol. The molecule has 0 aromatic carbocycles. The van der Waals surface area contributed by atoms with Gasteiger partial charge in [0.2, 0.25) is 5.91 Å². The number of likely N-dealkylation sites (N-methyl/N-ethyl adjacent to an activating group) is 1. The third kappa shape index (κ3) is 7.08. The Morgan fingerprint density at radius 1 is 1.13 bits per heavy atom. The Balaban J connectivity index is 4.03.